The third kappa shape index (κ3) is 3.60. The second kappa shape index (κ2) is 7.21. The molecule has 1 heterocycles. The lowest BCUT2D eigenvalue weighted by Crippen LogP contribution is -2.17. The van der Waals surface area contributed by atoms with E-state index in [1.165, 1.54) is 37.9 Å². The Morgan fingerprint density at radius 3 is 2.50 bits per heavy atom. The van der Waals surface area contributed by atoms with Gasteiger partial charge in [0.15, 0.2) is 0 Å². The van der Waals surface area contributed by atoms with Gasteiger partial charge in [-0.3, -0.25) is 0 Å². The first-order chi connectivity index (χ1) is 9.63. The third-order valence-corrected chi connectivity index (χ3v) is 4.85. The molecular weight excluding hydrogens is 248 g/mol. The van der Waals surface area contributed by atoms with Gasteiger partial charge in [0.05, 0.1) is 0 Å². The van der Waals surface area contributed by atoms with Crippen LogP contribution in [-0.2, 0) is 6.42 Å². The van der Waals surface area contributed by atoms with E-state index in [9.17, 15) is 0 Å². The maximum Gasteiger partial charge on any atom is 0.133 e. The summed E-state index contributed by atoms with van der Waals surface area (Å²) >= 11 is 0. The molecule has 1 fully saturated rings. The highest BCUT2D eigenvalue weighted by atomic mass is 15.3. The van der Waals surface area contributed by atoms with Gasteiger partial charge in [-0.2, -0.15) is 0 Å². The van der Waals surface area contributed by atoms with E-state index >= 15 is 0 Å². The third-order valence-electron chi connectivity index (χ3n) is 4.85. The van der Waals surface area contributed by atoms with Gasteiger partial charge in [0.1, 0.15) is 11.6 Å². The second-order valence-corrected chi connectivity index (χ2v) is 6.59. The molecule has 2 rings (SSSR count). The summed E-state index contributed by atoms with van der Waals surface area (Å²) in [6.07, 6.45) is 8.63. The van der Waals surface area contributed by atoms with Crippen molar-refractivity contribution in [2.24, 2.45) is 17.6 Å². The van der Waals surface area contributed by atoms with Crippen molar-refractivity contribution in [2.45, 2.75) is 71.8 Å². The minimum Gasteiger partial charge on any atom is -0.330 e. The molecule has 1 saturated carbocycles. The molecule has 0 bridgehead atoms. The standard InChI is InChI=1S/C16H30N4/c1-12(2)14(10-11-17)8-9-16-19-18-13(3)20(16)15-6-4-5-7-15/h12,14-15H,4-11,17H2,1-3H3. The fraction of sp³-hybridized carbons (Fsp3) is 0.875. The van der Waals surface area contributed by atoms with E-state index < -0.39 is 0 Å². The van der Waals surface area contributed by atoms with Crippen LogP contribution in [0.2, 0.25) is 0 Å². The zero-order valence-electron chi connectivity index (χ0n) is 13.3. The fourth-order valence-electron chi connectivity index (χ4n) is 3.56. The molecule has 0 aliphatic heterocycles. The summed E-state index contributed by atoms with van der Waals surface area (Å²) in [4.78, 5) is 0. The van der Waals surface area contributed by atoms with E-state index in [0.717, 1.165) is 25.2 Å². The van der Waals surface area contributed by atoms with Crippen molar-refractivity contribution >= 4 is 0 Å². The molecule has 0 aromatic carbocycles. The molecule has 4 nitrogen and oxygen atoms in total. The lowest BCUT2D eigenvalue weighted by molar-refractivity contribution is 0.335. The molecule has 1 atom stereocenters. The number of aromatic nitrogens is 3. The smallest absolute Gasteiger partial charge is 0.133 e. The molecule has 1 aliphatic rings. The number of hydrogen-bond donors (Lipinski definition) is 1. The normalized spacial score (nSPS) is 18.1. The minimum absolute atomic E-state index is 0.645. The van der Waals surface area contributed by atoms with Crippen LogP contribution < -0.4 is 5.73 Å². The quantitative estimate of drug-likeness (QED) is 0.833. The molecule has 4 heteroatoms. The molecule has 1 aromatic rings. The van der Waals surface area contributed by atoms with Crippen LogP contribution in [0.5, 0.6) is 0 Å². The first-order valence-corrected chi connectivity index (χ1v) is 8.24. The van der Waals surface area contributed by atoms with Crippen LogP contribution in [0.1, 0.15) is 70.1 Å². The first kappa shape index (κ1) is 15.5. The van der Waals surface area contributed by atoms with Crippen molar-refractivity contribution in [2.75, 3.05) is 6.54 Å². The van der Waals surface area contributed by atoms with Gasteiger partial charge >= 0.3 is 0 Å². The molecule has 0 radical (unpaired) electrons. The zero-order chi connectivity index (χ0) is 14.5. The number of hydrogen-bond acceptors (Lipinski definition) is 3. The van der Waals surface area contributed by atoms with E-state index in [1.54, 1.807) is 0 Å². The van der Waals surface area contributed by atoms with Gasteiger partial charge in [0, 0.05) is 12.5 Å². The molecule has 20 heavy (non-hydrogen) atoms. The molecular formula is C16H30N4. The van der Waals surface area contributed by atoms with Crippen LogP contribution in [0.4, 0.5) is 0 Å². The minimum atomic E-state index is 0.645. The Labute approximate surface area is 123 Å². The zero-order valence-corrected chi connectivity index (χ0v) is 13.3. The van der Waals surface area contributed by atoms with Crippen LogP contribution in [-0.4, -0.2) is 21.3 Å². The summed E-state index contributed by atoms with van der Waals surface area (Å²) in [7, 11) is 0. The van der Waals surface area contributed by atoms with Crippen molar-refractivity contribution in [3.8, 4) is 0 Å². The van der Waals surface area contributed by atoms with Crippen LogP contribution in [0.15, 0.2) is 0 Å². The summed E-state index contributed by atoms with van der Waals surface area (Å²) in [6.45, 7) is 7.48. The van der Waals surface area contributed by atoms with Crippen molar-refractivity contribution < 1.29 is 0 Å². The Kier molecular flexibility index (Phi) is 5.58. The van der Waals surface area contributed by atoms with E-state index in [-0.39, 0.29) is 0 Å². The Hall–Kier alpha value is -0.900. The Morgan fingerprint density at radius 1 is 1.20 bits per heavy atom. The Bertz CT molecular complexity index is 405. The monoisotopic (exact) mass is 278 g/mol. The predicted octanol–water partition coefficient (Wildman–Crippen LogP) is 3.26. The lowest BCUT2D eigenvalue weighted by Gasteiger charge is -2.21. The van der Waals surface area contributed by atoms with E-state index in [4.69, 9.17) is 5.73 Å². The summed E-state index contributed by atoms with van der Waals surface area (Å²) in [6, 6.07) is 0.645. The predicted molar refractivity (Wildman–Crippen MR) is 82.6 cm³/mol. The molecule has 0 saturated heterocycles. The molecule has 1 aliphatic carbocycles. The Balaban J connectivity index is 2.02. The molecule has 0 spiro atoms. The summed E-state index contributed by atoms with van der Waals surface area (Å²) in [5.74, 6) is 3.68. The van der Waals surface area contributed by atoms with Gasteiger partial charge in [-0.05, 0) is 51.0 Å². The average molecular weight is 278 g/mol. The van der Waals surface area contributed by atoms with E-state index in [1.807, 2.05) is 0 Å². The number of nitrogens with zero attached hydrogens (tertiary/aromatic N) is 3. The Morgan fingerprint density at radius 2 is 1.90 bits per heavy atom. The second-order valence-electron chi connectivity index (χ2n) is 6.59. The van der Waals surface area contributed by atoms with Crippen LogP contribution in [0.25, 0.3) is 0 Å². The first-order valence-electron chi connectivity index (χ1n) is 8.24. The fourth-order valence-corrected chi connectivity index (χ4v) is 3.56. The number of aryl methyl sites for hydroxylation is 2. The molecule has 2 N–H and O–H groups in total. The molecule has 1 aromatic heterocycles. The van der Waals surface area contributed by atoms with Gasteiger partial charge < -0.3 is 10.3 Å². The van der Waals surface area contributed by atoms with E-state index in [2.05, 4.69) is 35.5 Å². The van der Waals surface area contributed by atoms with E-state index in [0.29, 0.717) is 17.9 Å². The van der Waals surface area contributed by atoms with Gasteiger partial charge in [0.25, 0.3) is 0 Å². The highest BCUT2D eigenvalue weighted by Crippen LogP contribution is 2.31. The van der Waals surface area contributed by atoms with Gasteiger partial charge in [-0.1, -0.05) is 26.7 Å². The van der Waals surface area contributed by atoms with Crippen LogP contribution in [0.3, 0.4) is 0 Å². The maximum absolute atomic E-state index is 5.74. The van der Waals surface area contributed by atoms with Gasteiger partial charge in [-0.15, -0.1) is 10.2 Å². The molecule has 1 unspecified atom stereocenters. The number of nitrogens with two attached hydrogens (primary N) is 1. The maximum atomic E-state index is 5.74. The van der Waals surface area contributed by atoms with Crippen molar-refractivity contribution in [1.29, 1.82) is 0 Å². The highest BCUT2D eigenvalue weighted by molar-refractivity contribution is 4.99. The molecule has 0 amide bonds. The highest BCUT2D eigenvalue weighted by Gasteiger charge is 2.23. The average Bonchev–Trinajstić information content (AvgIpc) is 3.03. The number of rotatable bonds is 7. The lowest BCUT2D eigenvalue weighted by atomic mass is 9.88. The van der Waals surface area contributed by atoms with Crippen LogP contribution >= 0.6 is 0 Å². The largest absolute Gasteiger partial charge is 0.330 e. The molecule has 114 valence electrons. The summed E-state index contributed by atoms with van der Waals surface area (Å²) < 4.78 is 2.41. The van der Waals surface area contributed by atoms with Gasteiger partial charge in [0.2, 0.25) is 0 Å². The van der Waals surface area contributed by atoms with Crippen molar-refractivity contribution in [3.05, 3.63) is 11.6 Å². The topological polar surface area (TPSA) is 56.7 Å². The van der Waals surface area contributed by atoms with Gasteiger partial charge in [-0.25, -0.2) is 0 Å². The summed E-state index contributed by atoms with van der Waals surface area (Å²) in [5, 5.41) is 8.75. The van der Waals surface area contributed by atoms with Crippen molar-refractivity contribution in [3.63, 3.8) is 0 Å². The summed E-state index contributed by atoms with van der Waals surface area (Å²) in [5.41, 5.74) is 5.74. The SMILES string of the molecule is Cc1nnc(CCC(CCN)C(C)C)n1C1CCCC1. The van der Waals surface area contributed by atoms with Crippen LogP contribution in [0, 0.1) is 18.8 Å². The van der Waals surface area contributed by atoms with Crippen molar-refractivity contribution in [1.82, 2.24) is 14.8 Å².